The molecule has 3 heterocycles. The van der Waals surface area contributed by atoms with Crippen molar-refractivity contribution < 1.29 is 28.8 Å². The summed E-state index contributed by atoms with van der Waals surface area (Å²) in [7, 11) is 0. The quantitative estimate of drug-likeness (QED) is 0.404. The van der Waals surface area contributed by atoms with Crippen molar-refractivity contribution in [2.45, 2.75) is 31.5 Å². The largest absolute Gasteiger partial charge is 0.542 e. The second kappa shape index (κ2) is 8.97. The van der Waals surface area contributed by atoms with Crippen LogP contribution in [0.5, 0.6) is 0 Å². The molecule has 2 aromatic carbocycles. The van der Waals surface area contributed by atoms with E-state index in [1.165, 1.54) is 18.4 Å². The number of alkyl halides is 3. The minimum absolute atomic E-state index is 0.120. The predicted molar refractivity (Wildman–Crippen MR) is 129 cm³/mol. The van der Waals surface area contributed by atoms with Gasteiger partial charge in [0.25, 0.3) is 0 Å². The van der Waals surface area contributed by atoms with Gasteiger partial charge in [0.15, 0.2) is 5.65 Å². The molecule has 1 aliphatic carbocycles. The zero-order chi connectivity index (χ0) is 26.4. The Balaban J connectivity index is 0.000000355. The molecule has 7 nitrogen and oxygen atoms in total. The number of pyridine rings is 2. The van der Waals surface area contributed by atoms with Crippen LogP contribution >= 0.6 is 0 Å². The molecule has 6 rings (SSSR count). The van der Waals surface area contributed by atoms with E-state index in [4.69, 9.17) is 14.9 Å². The minimum atomic E-state index is -5.19. The van der Waals surface area contributed by atoms with E-state index in [9.17, 15) is 13.2 Å². The molecule has 5 aromatic rings. The number of benzene rings is 2. The zero-order valence-corrected chi connectivity index (χ0v) is 19.8. The lowest BCUT2D eigenvalue weighted by atomic mass is 9.96. The third-order valence-electron chi connectivity index (χ3n) is 6.48. The van der Waals surface area contributed by atoms with Crippen LogP contribution in [0.25, 0.3) is 38.9 Å². The van der Waals surface area contributed by atoms with Gasteiger partial charge in [0, 0.05) is 41.1 Å². The normalized spacial score (nSPS) is 14.3. The Kier molecular flexibility index (Phi) is 5.91. The van der Waals surface area contributed by atoms with Gasteiger partial charge in [-0.25, -0.2) is 4.98 Å². The van der Waals surface area contributed by atoms with Crippen LogP contribution in [0.15, 0.2) is 72.9 Å². The molecule has 0 radical (unpaired) electrons. The number of carboxylic acids is 1. The van der Waals surface area contributed by atoms with Crippen molar-refractivity contribution in [1.82, 2.24) is 19.6 Å². The Bertz CT molecular complexity index is 1610. The Morgan fingerprint density at radius 3 is 2.24 bits per heavy atom. The third kappa shape index (κ3) is 4.75. The Morgan fingerprint density at radius 1 is 1.00 bits per heavy atom. The topological polar surface area (TPSA) is 111 Å². The summed E-state index contributed by atoms with van der Waals surface area (Å²) in [5, 5.41) is 18.4. The van der Waals surface area contributed by atoms with Crippen molar-refractivity contribution in [3.8, 4) is 22.4 Å². The highest BCUT2D eigenvalue weighted by molar-refractivity contribution is 5.98. The number of carboxylic acid groups (broad SMARTS) is 1. The van der Waals surface area contributed by atoms with Crippen molar-refractivity contribution in [1.29, 1.82) is 0 Å². The maximum absolute atomic E-state index is 10.5. The van der Waals surface area contributed by atoms with Crippen molar-refractivity contribution in [3.63, 3.8) is 0 Å². The SMILES string of the molecule is Cc1nnc2c3cc(-c4ccccc4)c(-c4ccc(C5([NH3+])CC5)cc4)nc3ccn12.O=C([O-])C(F)(F)F. The fraction of sp³-hybridized carbons (Fsp3) is 0.185. The molecule has 0 bridgehead atoms. The zero-order valence-electron chi connectivity index (χ0n) is 19.8. The first-order chi connectivity index (χ1) is 17.6. The molecule has 3 aromatic heterocycles. The molecule has 10 heteroatoms. The summed E-state index contributed by atoms with van der Waals surface area (Å²) in [4.78, 5) is 13.9. The Hall–Kier alpha value is -4.31. The van der Waals surface area contributed by atoms with E-state index >= 15 is 0 Å². The average molecular weight is 506 g/mol. The second-order valence-electron chi connectivity index (χ2n) is 9.08. The fourth-order valence-electron chi connectivity index (χ4n) is 4.19. The average Bonchev–Trinajstić information content (AvgIpc) is 3.53. The second-order valence-corrected chi connectivity index (χ2v) is 9.08. The van der Waals surface area contributed by atoms with Gasteiger partial charge in [0.05, 0.1) is 11.2 Å². The van der Waals surface area contributed by atoms with Crippen LogP contribution in [-0.2, 0) is 10.3 Å². The standard InChI is InChI=1S/C25H21N5.C2HF3O2/c1-16-28-29-24-21-15-20(17-5-3-2-4-6-17)23(27-22(21)11-14-30(16)24)18-7-9-19(10-8-18)25(26)12-13-25;3-2(4,5)1(6)7/h2-11,14-15H,12-13,26H2,1H3;(H,6,7). The van der Waals surface area contributed by atoms with Crippen molar-refractivity contribution in [2.75, 3.05) is 0 Å². The van der Waals surface area contributed by atoms with Gasteiger partial charge in [-0.3, -0.25) is 4.40 Å². The summed E-state index contributed by atoms with van der Waals surface area (Å²) in [6.07, 6.45) is -0.859. The van der Waals surface area contributed by atoms with E-state index in [0.717, 1.165) is 44.8 Å². The summed E-state index contributed by atoms with van der Waals surface area (Å²) in [5.41, 5.74) is 11.9. The highest BCUT2D eigenvalue weighted by Crippen LogP contribution is 2.41. The molecule has 0 amide bonds. The first-order valence-corrected chi connectivity index (χ1v) is 11.5. The molecule has 1 saturated carbocycles. The van der Waals surface area contributed by atoms with E-state index in [1.54, 1.807) is 0 Å². The number of aliphatic carboxylic acids is 1. The van der Waals surface area contributed by atoms with E-state index < -0.39 is 12.1 Å². The number of carbonyl (C=O) groups excluding carboxylic acids is 1. The van der Waals surface area contributed by atoms with Crippen molar-refractivity contribution >= 4 is 22.5 Å². The summed E-state index contributed by atoms with van der Waals surface area (Å²) in [6.45, 7) is 1.96. The first kappa shape index (κ1) is 24.4. The van der Waals surface area contributed by atoms with Crippen LogP contribution in [0, 0.1) is 6.92 Å². The molecule has 188 valence electrons. The number of carbonyl (C=O) groups is 1. The number of halogens is 3. The van der Waals surface area contributed by atoms with E-state index in [0.29, 0.717) is 0 Å². The third-order valence-corrected chi connectivity index (χ3v) is 6.48. The number of aryl methyl sites for hydroxylation is 1. The number of hydrogen-bond acceptors (Lipinski definition) is 5. The number of hydrogen-bond donors (Lipinski definition) is 1. The number of rotatable bonds is 3. The number of aromatic nitrogens is 4. The summed E-state index contributed by atoms with van der Waals surface area (Å²) >= 11 is 0. The summed E-state index contributed by atoms with van der Waals surface area (Å²) in [6, 6.07) is 23.5. The predicted octanol–water partition coefficient (Wildman–Crippen LogP) is 3.45. The van der Waals surface area contributed by atoms with Crippen molar-refractivity contribution in [2.24, 2.45) is 0 Å². The number of quaternary nitrogens is 1. The molecule has 3 N–H and O–H groups in total. The highest BCUT2D eigenvalue weighted by atomic mass is 19.4. The summed E-state index contributed by atoms with van der Waals surface area (Å²) < 4.78 is 33.6. The van der Waals surface area contributed by atoms with Crippen LogP contribution < -0.4 is 10.8 Å². The van der Waals surface area contributed by atoms with E-state index in [2.05, 4.69) is 70.5 Å². The van der Waals surface area contributed by atoms with Crippen LogP contribution in [0.2, 0.25) is 0 Å². The molecule has 0 unspecified atom stereocenters. The van der Waals surface area contributed by atoms with E-state index in [-0.39, 0.29) is 5.54 Å². The molecule has 0 spiro atoms. The van der Waals surface area contributed by atoms with Gasteiger partial charge < -0.3 is 15.6 Å². The van der Waals surface area contributed by atoms with Gasteiger partial charge >= 0.3 is 6.18 Å². The van der Waals surface area contributed by atoms with Gasteiger partial charge in [-0.1, -0.05) is 54.6 Å². The number of nitrogens with zero attached hydrogens (tertiary/aromatic N) is 4. The Labute approximate surface area is 209 Å². The molecular formula is C27H22F3N5O2. The molecule has 1 aliphatic rings. The fourth-order valence-corrected chi connectivity index (χ4v) is 4.19. The van der Waals surface area contributed by atoms with Gasteiger partial charge in [-0.05, 0) is 24.6 Å². The van der Waals surface area contributed by atoms with E-state index in [1.807, 2.05) is 29.7 Å². The van der Waals surface area contributed by atoms with Gasteiger partial charge in [0.1, 0.15) is 17.3 Å². The van der Waals surface area contributed by atoms with Gasteiger partial charge in [-0.2, -0.15) is 13.2 Å². The number of fused-ring (bicyclic) bond motifs is 3. The smallest absolute Gasteiger partial charge is 0.430 e. The maximum Gasteiger partial charge on any atom is 0.430 e. The highest BCUT2D eigenvalue weighted by Gasteiger charge is 2.44. The van der Waals surface area contributed by atoms with Crippen molar-refractivity contribution in [3.05, 3.63) is 84.3 Å². The monoisotopic (exact) mass is 505 g/mol. The van der Waals surface area contributed by atoms with Crippen LogP contribution in [0.4, 0.5) is 13.2 Å². The van der Waals surface area contributed by atoms with Crippen LogP contribution in [-0.4, -0.2) is 31.7 Å². The minimum Gasteiger partial charge on any atom is -0.542 e. The summed E-state index contributed by atoms with van der Waals surface area (Å²) in [5.74, 6) is -2.14. The maximum atomic E-state index is 10.5. The van der Waals surface area contributed by atoms with Gasteiger partial charge in [0.2, 0.25) is 0 Å². The lowest BCUT2D eigenvalue weighted by Crippen LogP contribution is -2.61. The molecular weight excluding hydrogens is 483 g/mol. The first-order valence-electron chi connectivity index (χ1n) is 11.5. The lowest BCUT2D eigenvalue weighted by Gasteiger charge is -2.13. The molecule has 0 saturated heterocycles. The Morgan fingerprint density at radius 2 is 1.65 bits per heavy atom. The molecule has 0 aliphatic heterocycles. The van der Waals surface area contributed by atoms with Crippen LogP contribution in [0.1, 0.15) is 24.2 Å². The molecule has 37 heavy (non-hydrogen) atoms. The molecule has 0 atom stereocenters. The molecule has 1 fully saturated rings. The van der Waals surface area contributed by atoms with Crippen LogP contribution in [0.3, 0.4) is 0 Å². The lowest BCUT2D eigenvalue weighted by molar-refractivity contribution is -0.446. The van der Waals surface area contributed by atoms with Gasteiger partial charge in [-0.15, -0.1) is 10.2 Å².